The maximum atomic E-state index is 4.27. The molecule has 2 aromatic heterocycles. The lowest BCUT2D eigenvalue weighted by Gasteiger charge is -2.09. The predicted octanol–water partition coefficient (Wildman–Crippen LogP) is 2.99. The van der Waals surface area contributed by atoms with Crippen molar-refractivity contribution < 1.29 is 0 Å². The number of nitrogens with zero attached hydrogens (tertiary/aromatic N) is 2. The first-order valence-electron chi connectivity index (χ1n) is 6.34. The van der Waals surface area contributed by atoms with Gasteiger partial charge in [-0.3, -0.25) is 0 Å². The van der Waals surface area contributed by atoms with Gasteiger partial charge >= 0.3 is 0 Å². The van der Waals surface area contributed by atoms with Crippen molar-refractivity contribution in [2.45, 2.75) is 6.42 Å². The van der Waals surface area contributed by atoms with Crippen LogP contribution in [0, 0.1) is 5.92 Å². The van der Waals surface area contributed by atoms with Crippen molar-refractivity contribution in [1.82, 2.24) is 15.5 Å². The Balaban J connectivity index is 1.62. The van der Waals surface area contributed by atoms with Gasteiger partial charge in [-0.1, -0.05) is 0 Å². The second-order valence-corrected chi connectivity index (χ2v) is 6.50. The summed E-state index contributed by atoms with van der Waals surface area (Å²) >= 11 is 5.11. The smallest absolute Gasteiger partial charge is 0.148 e. The molecule has 100 valence electrons. The summed E-state index contributed by atoms with van der Waals surface area (Å²) in [6.07, 6.45) is 1.24. The van der Waals surface area contributed by atoms with Gasteiger partial charge in [0, 0.05) is 16.4 Å². The Morgan fingerprint density at radius 1 is 1.42 bits per heavy atom. The van der Waals surface area contributed by atoms with E-state index in [9.17, 15) is 0 Å². The first kappa shape index (κ1) is 13.0. The fraction of sp³-hybridized carbons (Fsp3) is 0.385. The standard InChI is InChI=1S/C13H15BrN4S/c14-10-5-12(19-8-10)11-1-2-13(18-17-11)16-7-9-3-4-15-6-9/h1-2,5,8-9,15H,3-4,6-7H2,(H,16,18). The van der Waals surface area contributed by atoms with Crippen LogP contribution in [-0.4, -0.2) is 29.8 Å². The zero-order valence-electron chi connectivity index (χ0n) is 10.4. The van der Waals surface area contributed by atoms with Crippen molar-refractivity contribution in [2.24, 2.45) is 5.92 Å². The van der Waals surface area contributed by atoms with Crippen LogP contribution in [0.5, 0.6) is 0 Å². The van der Waals surface area contributed by atoms with Gasteiger partial charge in [0.1, 0.15) is 11.5 Å². The van der Waals surface area contributed by atoms with Gasteiger partial charge in [-0.2, -0.15) is 0 Å². The van der Waals surface area contributed by atoms with Crippen LogP contribution in [0.3, 0.4) is 0 Å². The Bertz CT molecular complexity index is 534. The molecule has 4 nitrogen and oxygen atoms in total. The average molecular weight is 339 g/mol. The van der Waals surface area contributed by atoms with Gasteiger partial charge in [0.2, 0.25) is 0 Å². The molecule has 0 spiro atoms. The molecule has 0 amide bonds. The van der Waals surface area contributed by atoms with Gasteiger partial charge in [0.25, 0.3) is 0 Å². The molecule has 0 aliphatic carbocycles. The molecule has 1 aliphatic rings. The predicted molar refractivity (Wildman–Crippen MR) is 82.5 cm³/mol. The Morgan fingerprint density at radius 3 is 3.00 bits per heavy atom. The Kier molecular flexibility index (Phi) is 4.10. The summed E-state index contributed by atoms with van der Waals surface area (Å²) in [5, 5.41) is 17.3. The van der Waals surface area contributed by atoms with Crippen LogP contribution in [0.15, 0.2) is 28.1 Å². The lowest BCUT2D eigenvalue weighted by atomic mass is 10.1. The second-order valence-electron chi connectivity index (χ2n) is 4.67. The van der Waals surface area contributed by atoms with Gasteiger partial charge < -0.3 is 10.6 Å². The molecule has 1 fully saturated rings. The van der Waals surface area contributed by atoms with E-state index in [1.807, 2.05) is 12.1 Å². The van der Waals surface area contributed by atoms with Crippen LogP contribution >= 0.6 is 27.3 Å². The number of anilines is 1. The third-order valence-electron chi connectivity index (χ3n) is 3.22. The third kappa shape index (κ3) is 3.32. The van der Waals surface area contributed by atoms with Crippen LogP contribution in [0.25, 0.3) is 10.6 Å². The van der Waals surface area contributed by atoms with Gasteiger partial charge in [-0.15, -0.1) is 21.5 Å². The maximum absolute atomic E-state index is 4.27. The summed E-state index contributed by atoms with van der Waals surface area (Å²) in [7, 11) is 0. The summed E-state index contributed by atoms with van der Waals surface area (Å²) < 4.78 is 1.09. The Morgan fingerprint density at radius 2 is 2.37 bits per heavy atom. The number of aromatic nitrogens is 2. The molecule has 19 heavy (non-hydrogen) atoms. The fourth-order valence-electron chi connectivity index (χ4n) is 2.14. The van der Waals surface area contributed by atoms with Crippen molar-refractivity contribution in [3.63, 3.8) is 0 Å². The van der Waals surface area contributed by atoms with Crippen LogP contribution in [0.4, 0.5) is 5.82 Å². The lowest BCUT2D eigenvalue weighted by molar-refractivity contribution is 0.613. The van der Waals surface area contributed by atoms with E-state index in [1.165, 1.54) is 6.42 Å². The van der Waals surface area contributed by atoms with Crippen LogP contribution < -0.4 is 10.6 Å². The van der Waals surface area contributed by atoms with E-state index in [2.05, 4.69) is 48.2 Å². The zero-order chi connectivity index (χ0) is 13.1. The molecule has 2 aromatic rings. The van der Waals surface area contributed by atoms with E-state index < -0.39 is 0 Å². The number of hydrogen-bond acceptors (Lipinski definition) is 5. The van der Waals surface area contributed by atoms with E-state index in [4.69, 9.17) is 0 Å². The van der Waals surface area contributed by atoms with Crippen LogP contribution in [0.1, 0.15) is 6.42 Å². The molecule has 6 heteroatoms. The summed E-state index contributed by atoms with van der Waals surface area (Å²) in [6, 6.07) is 6.07. The molecule has 1 saturated heterocycles. The zero-order valence-corrected chi connectivity index (χ0v) is 12.8. The molecule has 1 aliphatic heterocycles. The molecule has 0 aromatic carbocycles. The molecular formula is C13H15BrN4S. The Labute approximate surface area is 124 Å². The van der Waals surface area contributed by atoms with E-state index >= 15 is 0 Å². The molecule has 1 atom stereocenters. The molecule has 0 saturated carbocycles. The molecule has 2 N–H and O–H groups in total. The normalized spacial score (nSPS) is 18.7. The van der Waals surface area contributed by atoms with E-state index in [1.54, 1.807) is 11.3 Å². The first-order chi connectivity index (χ1) is 9.31. The minimum absolute atomic E-state index is 0.703. The highest BCUT2D eigenvalue weighted by molar-refractivity contribution is 9.10. The minimum atomic E-state index is 0.703. The van der Waals surface area contributed by atoms with Crippen molar-refractivity contribution in [1.29, 1.82) is 0 Å². The van der Waals surface area contributed by atoms with E-state index in [0.29, 0.717) is 5.92 Å². The summed E-state index contributed by atoms with van der Waals surface area (Å²) in [5.41, 5.74) is 0.920. The lowest BCUT2D eigenvalue weighted by Crippen LogP contribution is -2.17. The van der Waals surface area contributed by atoms with Crippen LogP contribution in [0.2, 0.25) is 0 Å². The van der Waals surface area contributed by atoms with Crippen molar-refractivity contribution >= 4 is 33.1 Å². The second kappa shape index (κ2) is 5.98. The monoisotopic (exact) mass is 338 g/mol. The fourth-order valence-corrected chi connectivity index (χ4v) is 3.54. The maximum Gasteiger partial charge on any atom is 0.148 e. The average Bonchev–Trinajstić information content (AvgIpc) is 3.08. The molecule has 0 bridgehead atoms. The highest BCUT2D eigenvalue weighted by atomic mass is 79.9. The van der Waals surface area contributed by atoms with E-state index in [-0.39, 0.29) is 0 Å². The third-order valence-corrected chi connectivity index (χ3v) is 4.93. The van der Waals surface area contributed by atoms with Gasteiger partial charge in [-0.25, -0.2) is 0 Å². The summed E-state index contributed by atoms with van der Waals surface area (Å²) in [4.78, 5) is 1.13. The highest BCUT2D eigenvalue weighted by Gasteiger charge is 2.14. The molecular weight excluding hydrogens is 324 g/mol. The molecule has 3 rings (SSSR count). The summed E-state index contributed by atoms with van der Waals surface area (Å²) in [6.45, 7) is 3.19. The highest BCUT2D eigenvalue weighted by Crippen LogP contribution is 2.28. The largest absolute Gasteiger partial charge is 0.368 e. The van der Waals surface area contributed by atoms with Crippen molar-refractivity contribution in [3.05, 3.63) is 28.1 Å². The van der Waals surface area contributed by atoms with Crippen molar-refractivity contribution in [3.8, 4) is 10.6 Å². The van der Waals surface area contributed by atoms with Gasteiger partial charge in [0.05, 0.1) is 4.88 Å². The SMILES string of the molecule is Brc1csc(-c2ccc(NCC3CCNC3)nn2)c1. The first-order valence-corrected chi connectivity index (χ1v) is 8.01. The van der Waals surface area contributed by atoms with E-state index in [0.717, 1.165) is 40.5 Å². The van der Waals surface area contributed by atoms with Crippen LogP contribution in [-0.2, 0) is 0 Å². The number of halogens is 1. The molecule has 3 heterocycles. The van der Waals surface area contributed by atoms with Gasteiger partial charge in [0.15, 0.2) is 0 Å². The number of hydrogen-bond donors (Lipinski definition) is 2. The number of rotatable bonds is 4. The van der Waals surface area contributed by atoms with Gasteiger partial charge in [-0.05, 0) is 59.6 Å². The number of nitrogens with one attached hydrogen (secondary N) is 2. The molecule has 1 unspecified atom stereocenters. The summed E-state index contributed by atoms with van der Waals surface area (Å²) in [5.74, 6) is 1.56. The Hall–Kier alpha value is -0.980. The minimum Gasteiger partial charge on any atom is -0.368 e. The van der Waals surface area contributed by atoms with Crippen molar-refractivity contribution in [2.75, 3.05) is 25.0 Å². The topological polar surface area (TPSA) is 49.8 Å². The quantitative estimate of drug-likeness (QED) is 0.899. The molecule has 0 radical (unpaired) electrons. The number of thiophene rings is 1.